The Labute approximate surface area is 312 Å². The fourth-order valence-corrected chi connectivity index (χ4v) is 8.45. The Morgan fingerprint density at radius 3 is 1.72 bits per heavy atom. The highest BCUT2D eigenvalue weighted by molar-refractivity contribution is 6.20. The van der Waals surface area contributed by atoms with Gasteiger partial charge in [0.2, 0.25) is 0 Å². The Morgan fingerprint density at radius 1 is 0.333 bits per heavy atom. The summed E-state index contributed by atoms with van der Waals surface area (Å²) >= 11 is 0. The fourth-order valence-electron chi connectivity index (χ4n) is 8.45. The van der Waals surface area contributed by atoms with Gasteiger partial charge in [-0.25, -0.2) is 0 Å². The normalized spacial score (nSPS) is 11.7. The van der Waals surface area contributed by atoms with Crippen LogP contribution >= 0.6 is 0 Å². The van der Waals surface area contributed by atoms with Gasteiger partial charge in [0.15, 0.2) is 0 Å². The van der Waals surface area contributed by atoms with E-state index in [2.05, 4.69) is 205 Å². The van der Waals surface area contributed by atoms with Crippen molar-refractivity contribution in [3.63, 3.8) is 0 Å². The molecule has 0 aliphatic carbocycles. The van der Waals surface area contributed by atoms with Crippen LogP contribution in [0.1, 0.15) is 0 Å². The summed E-state index contributed by atoms with van der Waals surface area (Å²) in [7, 11) is 0. The summed E-state index contributed by atoms with van der Waals surface area (Å²) < 4.78 is 6.86. The zero-order valence-electron chi connectivity index (χ0n) is 29.4. The van der Waals surface area contributed by atoms with Crippen molar-refractivity contribution in [1.82, 2.24) is 0 Å². The number of rotatable bonds is 5. The predicted octanol–water partition coefficient (Wildman–Crippen LogP) is 15.0. The standard InChI is InChI=1S/C52H33NO/c1-2-11-34(12-3-1)35-21-23-38(24-22-35)43-31-32-49(51-46-17-8-9-20-50(46)54-52(43)51)53(40-29-27-39-26-25-36-13-5-7-16-42(36)47(39)33-40)48-19-10-18-44-41-15-6-4-14-37(41)28-30-45(44)48/h1-33H. The highest BCUT2D eigenvalue weighted by Crippen LogP contribution is 2.48. The molecule has 0 unspecified atom stereocenters. The number of hydrogen-bond donors (Lipinski definition) is 0. The first-order valence-electron chi connectivity index (χ1n) is 18.5. The Kier molecular flexibility index (Phi) is 6.90. The van der Waals surface area contributed by atoms with Crippen molar-refractivity contribution in [2.45, 2.75) is 0 Å². The quantitative estimate of drug-likeness (QED) is 0.168. The molecule has 1 heterocycles. The molecule has 2 heteroatoms. The second-order valence-corrected chi connectivity index (χ2v) is 14.1. The molecule has 0 amide bonds. The first kappa shape index (κ1) is 30.5. The SMILES string of the molecule is c1ccc(-c2ccc(-c3ccc(N(c4ccc5ccc6ccccc6c5c4)c4cccc5c4ccc4ccccc45)c4c3oc3ccccc34)cc2)cc1. The molecule has 0 aliphatic heterocycles. The van der Waals surface area contributed by atoms with Crippen LogP contribution in [-0.4, -0.2) is 0 Å². The predicted molar refractivity (Wildman–Crippen MR) is 229 cm³/mol. The van der Waals surface area contributed by atoms with Gasteiger partial charge in [0.05, 0.1) is 16.8 Å². The zero-order valence-corrected chi connectivity index (χ0v) is 29.4. The first-order chi connectivity index (χ1) is 26.8. The van der Waals surface area contributed by atoms with E-state index in [4.69, 9.17) is 4.42 Å². The number of hydrogen-bond acceptors (Lipinski definition) is 2. The van der Waals surface area contributed by atoms with Crippen molar-refractivity contribution in [2.24, 2.45) is 0 Å². The minimum Gasteiger partial charge on any atom is -0.455 e. The average molecular weight is 688 g/mol. The van der Waals surface area contributed by atoms with Gasteiger partial charge in [-0.05, 0) is 90.8 Å². The summed E-state index contributed by atoms with van der Waals surface area (Å²) in [6.07, 6.45) is 0. The maximum atomic E-state index is 6.86. The van der Waals surface area contributed by atoms with Crippen molar-refractivity contribution < 1.29 is 4.42 Å². The molecule has 0 aliphatic rings. The smallest absolute Gasteiger partial charge is 0.145 e. The highest BCUT2D eigenvalue weighted by atomic mass is 16.3. The largest absolute Gasteiger partial charge is 0.455 e. The maximum Gasteiger partial charge on any atom is 0.145 e. The topological polar surface area (TPSA) is 16.4 Å². The second-order valence-electron chi connectivity index (χ2n) is 14.1. The Bertz CT molecular complexity index is 3210. The van der Waals surface area contributed by atoms with E-state index in [1.54, 1.807) is 0 Å². The van der Waals surface area contributed by atoms with Gasteiger partial charge >= 0.3 is 0 Å². The van der Waals surface area contributed by atoms with E-state index in [9.17, 15) is 0 Å². The van der Waals surface area contributed by atoms with Gasteiger partial charge in [-0.2, -0.15) is 0 Å². The van der Waals surface area contributed by atoms with Gasteiger partial charge in [0.1, 0.15) is 11.2 Å². The molecule has 54 heavy (non-hydrogen) atoms. The molecule has 1 aromatic heterocycles. The lowest BCUT2D eigenvalue weighted by Crippen LogP contribution is -2.11. The number of benzene rings is 10. The van der Waals surface area contributed by atoms with Crippen molar-refractivity contribution >= 4 is 82.1 Å². The first-order valence-corrected chi connectivity index (χ1v) is 18.5. The Hall–Kier alpha value is -7.16. The number of anilines is 3. The van der Waals surface area contributed by atoms with Crippen LogP contribution in [0.3, 0.4) is 0 Å². The fraction of sp³-hybridized carbons (Fsp3) is 0. The lowest BCUT2D eigenvalue weighted by Gasteiger charge is -2.28. The molecule has 2 nitrogen and oxygen atoms in total. The van der Waals surface area contributed by atoms with Gasteiger partial charge in [0, 0.05) is 22.0 Å². The summed E-state index contributed by atoms with van der Waals surface area (Å²) in [4.78, 5) is 2.45. The minimum absolute atomic E-state index is 0.871. The van der Waals surface area contributed by atoms with Crippen LogP contribution in [0.15, 0.2) is 205 Å². The monoisotopic (exact) mass is 687 g/mol. The molecule has 252 valence electrons. The van der Waals surface area contributed by atoms with Gasteiger partial charge < -0.3 is 9.32 Å². The van der Waals surface area contributed by atoms with Crippen molar-refractivity contribution in [1.29, 1.82) is 0 Å². The Morgan fingerprint density at radius 2 is 0.926 bits per heavy atom. The molecule has 0 N–H and O–H groups in total. The van der Waals surface area contributed by atoms with E-state index < -0.39 is 0 Å². The number of fused-ring (bicyclic) bond motifs is 9. The lowest BCUT2D eigenvalue weighted by atomic mass is 9.96. The van der Waals surface area contributed by atoms with E-state index in [0.29, 0.717) is 0 Å². The van der Waals surface area contributed by atoms with Crippen molar-refractivity contribution in [3.05, 3.63) is 200 Å². The van der Waals surface area contributed by atoms with Gasteiger partial charge in [-0.15, -0.1) is 0 Å². The molecule has 11 aromatic rings. The molecule has 0 spiro atoms. The van der Waals surface area contributed by atoms with E-state index in [-0.39, 0.29) is 0 Å². The van der Waals surface area contributed by atoms with Crippen LogP contribution in [0.4, 0.5) is 17.1 Å². The summed E-state index contributed by atoms with van der Waals surface area (Å²) in [5.74, 6) is 0. The summed E-state index contributed by atoms with van der Waals surface area (Å²) in [5.41, 5.74) is 9.60. The van der Waals surface area contributed by atoms with E-state index >= 15 is 0 Å². The van der Waals surface area contributed by atoms with Crippen molar-refractivity contribution in [3.8, 4) is 22.3 Å². The Balaban J connectivity index is 1.20. The molecule has 0 radical (unpaired) electrons. The highest BCUT2D eigenvalue weighted by Gasteiger charge is 2.24. The van der Waals surface area contributed by atoms with E-state index in [0.717, 1.165) is 50.1 Å². The third kappa shape index (κ3) is 4.81. The average Bonchev–Trinajstić information content (AvgIpc) is 3.64. The van der Waals surface area contributed by atoms with Crippen LogP contribution in [0.5, 0.6) is 0 Å². The van der Waals surface area contributed by atoms with Crippen LogP contribution in [0, 0.1) is 0 Å². The van der Waals surface area contributed by atoms with Crippen LogP contribution in [0.2, 0.25) is 0 Å². The molecule has 10 aromatic carbocycles. The van der Waals surface area contributed by atoms with Crippen LogP contribution in [0.25, 0.3) is 87.3 Å². The number of furan rings is 1. The van der Waals surface area contributed by atoms with Gasteiger partial charge in [0.25, 0.3) is 0 Å². The molecule has 0 bridgehead atoms. The molecule has 0 saturated heterocycles. The molecule has 0 saturated carbocycles. The summed E-state index contributed by atoms with van der Waals surface area (Å²) in [6.45, 7) is 0. The number of nitrogens with zero attached hydrogens (tertiary/aromatic N) is 1. The maximum absolute atomic E-state index is 6.86. The molecule has 11 rings (SSSR count). The molecular weight excluding hydrogens is 655 g/mol. The third-order valence-corrected chi connectivity index (χ3v) is 11.0. The van der Waals surface area contributed by atoms with E-state index in [1.165, 1.54) is 54.2 Å². The minimum atomic E-state index is 0.871. The molecular formula is C52H33NO. The van der Waals surface area contributed by atoms with Gasteiger partial charge in [-0.3, -0.25) is 0 Å². The van der Waals surface area contributed by atoms with Crippen molar-refractivity contribution in [2.75, 3.05) is 4.90 Å². The number of para-hydroxylation sites is 1. The summed E-state index contributed by atoms with van der Waals surface area (Å²) in [6, 6.07) is 72.3. The zero-order chi connectivity index (χ0) is 35.6. The second kappa shape index (κ2) is 12.2. The van der Waals surface area contributed by atoms with Gasteiger partial charge in [-0.1, -0.05) is 164 Å². The van der Waals surface area contributed by atoms with E-state index in [1.807, 2.05) is 0 Å². The molecule has 0 fully saturated rings. The molecule has 0 atom stereocenters. The lowest BCUT2D eigenvalue weighted by molar-refractivity contribution is 0.670. The van der Waals surface area contributed by atoms with Crippen LogP contribution < -0.4 is 4.90 Å². The van der Waals surface area contributed by atoms with Crippen LogP contribution in [-0.2, 0) is 0 Å². The summed E-state index contributed by atoms with van der Waals surface area (Å²) in [5, 5.41) is 12.0. The third-order valence-electron chi connectivity index (χ3n) is 11.0.